The number of carbonyl (C=O) groups excluding carboxylic acids is 1. The lowest BCUT2D eigenvalue weighted by molar-refractivity contribution is -0.424. The van der Waals surface area contributed by atoms with Gasteiger partial charge >= 0.3 is 17.8 Å². The molecule has 0 bridgehead atoms. The van der Waals surface area contributed by atoms with Crippen LogP contribution < -0.4 is 5.32 Å². The highest BCUT2D eigenvalue weighted by molar-refractivity contribution is 5.92. The van der Waals surface area contributed by atoms with Crippen LogP contribution in [0.25, 0.3) is 0 Å². The summed E-state index contributed by atoms with van der Waals surface area (Å²) in [4.78, 5) is 22.2. The van der Waals surface area contributed by atoms with Gasteiger partial charge in [-0.3, -0.25) is 10.1 Å². The fraction of sp³-hybridized carbons (Fsp3) is 0.545. The van der Waals surface area contributed by atoms with Crippen molar-refractivity contribution < 1.29 is 32.7 Å². The number of hydrogen-bond donors (Lipinski definition) is 2. The Balaban J connectivity index is 2.66. The third-order valence-corrected chi connectivity index (χ3v) is 3.27. The molecule has 0 saturated carbocycles. The maximum absolute atomic E-state index is 13.4. The highest BCUT2D eigenvalue weighted by atomic mass is 19.4. The van der Waals surface area contributed by atoms with Crippen LogP contribution in [0.5, 0.6) is 0 Å². The van der Waals surface area contributed by atoms with Crippen LogP contribution in [0.4, 0.5) is 13.2 Å². The van der Waals surface area contributed by atoms with Gasteiger partial charge in [0.05, 0.1) is 11.5 Å². The molecule has 0 spiro atoms. The van der Waals surface area contributed by atoms with Crippen LogP contribution in [-0.2, 0) is 9.53 Å². The first-order chi connectivity index (χ1) is 10.1. The first-order valence-corrected chi connectivity index (χ1v) is 6.23. The predicted octanol–water partition coefficient (Wildman–Crippen LogP) is 0.0914. The monoisotopic (exact) mass is 323 g/mol. The zero-order valence-electron chi connectivity index (χ0n) is 11.3. The highest BCUT2D eigenvalue weighted by Crippen LogP contribution is 2.45. The number of nitrogens with zero attached hydrogens (tertiary/aromatic N) is 2. The summed E-state index contributed by atoms with van der Waals surface area (Å²) < 4.78 is 44.6. The molecule has 11 heteroatoms. The van der Waals surface area contributed by atoms with Crippen LogP contribution in [0.1, 0.15) is 6.92 Å². The molecule has 0 aromatic heterocycles. The van der Waals surface area contributed by atoms with E-state index >= 15 is 0 Å². The third-order valence-electron chi connectivity index (χ3n) is 3.27. The number of halogens is 3. The number of rotatable bonds is 3. The lowest BCUT2D eigenvalue weighted by Crippen LogP contribution is -2.62. The fourth-order valence-electron chi connectivity index (χ4n) is 2.35. The molecule has 2 N–H and O–H groups in total. The van der Waals surface area contributed by atoms with E-state index in [1.54, 1.807) is 0 Å². The molecule has 0 aromatic carbocycles. The summed E-state index contributed by atoms with van der Waals surface area (Å²) in [5, 5.41) is 23.6. The van der Waals surface area contributed by atoms with Crippen molar-refractivity contribution in [3.8, 4) is 0 Å². The van der Waals surface area contributed by atoms with Crippen LogP contribution in [0.2, 0.25) is 0 Å². The van der Waals surface area contributed by atoms with Crippen molar-refractivity contribution in [1.82, 2.24) is 10.2 Å². The maximum atomic E-state index is 13.4. The molecular weight excluding hydrogens is 311 g/mol. The number of fused-ring (bicyclic) bond motifs is 1. The normalized spacial score (nSPS) is 24.6. The quantitative estimate of drug-likeness (QED) is 0.431. The minimum atomic E-state index is -5.26. The van der Waals surface area contributed by atoms with Crippen molar-refractivity contribution in [2.45, 2.75) is 18.8 Å². The van der Waals surface area contributed by atoms with Gasteiger partial charge in [0.2, 0.25) is 0 Å². The number of hydrogen-bond acceptors (Lipinski definition) is 7. The number of ether oxygens (including phenoxy) is 1. The Bertz CT molecular complexity index is 586. The van der Waals surface area contributed by atoms with E-state index in [4.69, 9.17) is 0 Å². The number of aliphatic hydroxyl groups is 1. The number of esters is 1. The van der Waals surface area contributed by atoms with E-state index in [0.717, 1.165) is 0 Å². The van der Waals surface area contributed by atoms with E-state index in [-0.39, 0.29) is 19.7 Å². The lowest BCUT2D eigenvalue weighted by Gasteiger charge is -2.41. The molecule has 1 atom stereocenters. The van der Waals surface area contributed by atoms with E-state index < -0.39 is 39.9 Å². The van der Waals surface area contributed by atoms with Gasteiger partial charge in [-0.05, 0) is 6.92 Å². The molecule has 0 radical (unpaired) electrons. The average molecular weight is 323 g/mol. The van der Waals surface area contributed by atoms with Gasteiger partial charge in [0.1, 0.15) is 5.57 Å². The summed E-state index contributed by atoms with van der Waals surface area (Å²) in [6.07, 6.45) is -4.86. The summed E-state index contributed by atoms with van der Waals surface area (Å²) in [7, 11) is 0. The van der Waals surface area contributed by atoms with Gasteiger partial charge < -0.3 is 20.1 Å². The minimum Gasteiger partial charge on any atom is -0.462 e. The van der Waals surface area contributed by atoms with E-state index in [1.807, 2.05) is 0 Å². The molecule has 0 amide bonds. The van der Waals surface area contributed by atoms with E-state index in [0.29, 0.717) is 11.0 Å². The molecule has 122 valence electrons. The van der Waals surface area contributed by atoms with Crippen molar-refractivity contribution in [1.29, 1.82) is 0 Å². The maximum Gasteiger partial charge on any atom is 0.441 e. The second-order valence-corrected chi connectivity index (χ2v) is 4.52. The first-order valence-electron chi connectivity index (χ1n) is 6.23. The van der Waals surface area contributed by atoms with Gasteiger partial charge in [-0.25, -0.2) is 4.79 Å². The lowest BCUT2D eigenvalue weighted by atomic mass is 9.95. The zero-order valence-corrected chi connectivity index (χ0v) is 11.3. The van der Waals surface area contributed by atoms with E-state index in [1.165, 1.54) is 6.92 Å². The van der Waals surface area contributed by atoms with Crippen LogP contribution in [0, 0.1) is 10.1 Å². The highest BCUT2D eigenvalue weighted by Gasteiger charge is 2.66. The van der Waals surface area contributed by atoms with Gasteiger partial charge in [-0.15, -0.1) is 0 Å². The molecule has 1 fully saturated rings. The standard InChI is InChI=1S/C11H12F3N3O5/c1-2-22-9(18)6-5-7(17(20)21)8-15-3-4-16(8)10(6,19)11(12,13)14/h5,15,19H,2-4H2,1H3. The van der Waals surface area contributed by atoms with E-state index in [2.05, 4.69) is 10.1 Å². The number of nitro groups is 1. The Morgan fingerprint density at radius 2 is 2.27 bits per heavy atom. The molecule has 0 aliphatic carbocycles. The van der Waals surface area contributed by atoms with Gasteiger partial charge in [0.15, 0.2) is 5.82 Å². The molecule has 8 nitrogen and oxygen atoms in total. The SMILES string of the molecule is CCOC(=O)C1=CC([N+](=O)[O-])=C2NCCN2C1(O)C(F)(F)F. The Labute approximate surface area is 122 Å². The predicted molar refractivity (Wildman–Crippen MR) is 64.4 cm³/mol. The molecular formula is C11H12F3N3O5. The van der Waals surface area contributed by atoms with Crippen LogP contribution in [0.3, 0.4) is 0 Å². The van der Waals surface area contributed by atoms with Gasteiger partial charge in [0, 0.05) is 19.2 Å². The molecule has 2 rings (SSSR count). The van der Waals surface area contributed by atoms with E-state index in [9.17, 15) is 33.2 Å². The minimum absolute atomic E-state index is 0.0466. The van der Waals surface area contributed by atoms with Crippen molar-refractivity contribution >= 4 is 5.97 Å². The molecule has 0 aromatic rings. The molecule has 2 heterocycles. The molecule has 2 aliphatic heterocycles. The summed E-state index contributed by atoms with van der Waals surface area (Å²) in [6.45, 7) is 0.711. The number of carbonyl (C=O) groups is 1. The summed E-state index contributed by atoms with van der Waals surface area (Å²) >= 11 is 0. The van der Waals surface area contributed by atoms with Crippen LogP contribution >= 0.6 is 0 Å². The molecule has 1 unspecified atom stereocenters. The van der Waals surface area contributed by atoms with Crippen LogP contribution in [0.15, 0.2) is 23.2 Å². The van der Waals surface area contributed by atoms with Gasteiger partial charge in [-0.1, -0.05) is 0 Å². The first kappa shape index (κ1) is 16.1. The number of alkyl halides is 3. The van der Waals surface area contributed by atoms with Gasteiger partial charge in [0.25, 0.3) is 5.72 Å². The van der Waals surface area contributed by atoms with Crippen molar-refractivity contribution in [3.05, 3.63) is 33.3 Å². The number of nitrogens with one attached hydrogen (secondary N) is 1. The van der Waals surface area contributed by atoms with Crippen LogP contribution in [-0.4, -0.2) is 52.5 Å². The zero-order chi connectivity index (χ0) is 16.7. The topological polar surface area (TPSA) is 105 Å². The smallest absolute Gasteiger partial charge is 0.441 e. The Morgan fingerprint density at radius 1 is 1.64 bits per heavy atom. The van der Waals surface area contributed by atoms with Gasteiger partial charge in [-0.2, -0.15) is 13.2 Å². The molecule has 2 aliphatic rings. The Hall–Kier alpha value is -2.30. The summed E-state index contributed by atoms with van der Waals surface area (Å²) in [6, 6.07) is 0. The molecule has 22 heavy (non-hydrogen) atoms. The summed E-state index contributed by atoms with van der Waals surface area (Å²) in [5.41, 5.74) is -5.66. The summed E-state index contributed by atoms with van der Waals surface area (Å²) in [5.74, 6) is -1.95. The average Bonchev–Trinajstić information content (AvgIpc) is 2.87. The largest absolute Gasteiger partial charge is 0.462 e. The molecule has 1 saturated heterocycles. The fourth-order valence-corrected chi connectivity index (χ4v) is 2.35. The second-order valence-electron chi connectivity index (χ2n) is 4.52. The van der Waals surface area contributed by atoms with Crippen molar-refractivity contribution in [2.75, 3.05) is 19.7 Å². The Kier molecular flexibility index (Phi) is 3.77. The Morgan fingerprint density at radius 3 is 2.77 bits per heavy atom. The number of allylic oxidation sites excluding steroid dienone is 1. The van der Waals surface area contributed by atoms with Crippen molar-refractivity contribution in [2.24, 2.45) is 0 Å². The third kappa shape index (κ3) is 2.17. The van der Waals surface area contributed by atoms with Crippen molar-refractivity contribution in [3.63, 3.8) is 0 Å². The second kappa shape index (κ2) is 5.16.